The first-order chi connectivity index (χ1) is 36.1. The standard InChI is InChI=1S/C67H118N4O6/c1-16-17-18-20-32-43-67(14,15)62(75)50-70(47-57(72)46-54(6)37-26-22-24-35-52(2)3)44-33-29-40-58-63(76)69-59(64(77)68-58)41-30-34-45-71(49-61(74)56(8)39-28-23-25-36-53(4)5)48-60(73)55(7)38-27-19-21-31-42-66(12,13)51-65(9,10)11/h16-17,19-20,24-28,31-32,35-37,39,42,52-62,72-75H,18,21-23,29-30,33-34,38,40-41,43-51H2,1-15H3,(H,68,77)(H,69,76)/b17-16-,27-19-,32-20-,35-24-,36-25-,37-26-,39-28-,42-31-. The van der Waals surface area contributed by atoms with E-state index in [1.54, 1.807) is 0 Å². The van der Waals surface area contributed by atoms with E-state index < -0.39 is 36.5 Å². The summed E-state index contributed by atoms with van der Waals surface area (Å²) in [6.45, 7) is 35.5. The lowest BCUT2D eigenvalue weighted by atomic mass is 9.76. The third-order valence-electron chi connectivity index (χ3n) is 14.6. The number of allylic oxidation sites excluding steroid dienone is 15. The molecule has 1 rings (SSSR count). The first-order valence-corrected chi connectivity index (χ1v) is 30.2. The van der Waals surface area contributed by atoms with Crippen LogP contribution in [0.2, 0.25) is 0 Å². The van der Waals surface area contributed by atoms with Crippen molar-refractivity contribution in [2.45, 2.75) is 230 Å². The maximum atomic E-state index is 13.4. The molecule has 1 aliphatic rings. The number of nitrogens with one attached hydrogen (secondary N) is 2. The van der Waals surface area contributed by atoms with Crippen LogP contribution >= 0.6 is 0 Å². The quantitative estimate of drug-likeness (QED) is 0.0262. The average molecular weight is 1080 g/mol. The third kappa shape index (κ3) is 35.8. The summed E-state index contributed by atoms with van der Waals surface area (Å²) in [6, 6.07) is -1.22. The lowest BCUT2D eigenvalue weighted by Crippen LogP contribution is -2.61. The number of unbranched alkanes of at least 4 members (excludes halogenated alkanes) is 2. The zero-order valence-electron chi connectivity index (χ0n) is 51.7. The Morgan fingerprint density at radius 2 is 1.05 bits per heavy atom. The molecule has 9 atom stereocenters. The molecule has 0 aromatic rings. The zero-order valence-corrected chi connectivity index (χ0v) is 51.7. The van der Waals surface area contributed by atoms with E-state index in [9.17, 15) is 30.0 Å². The van der Waals surface area contributed by atoms with Gasteiger partial charge in [-0.15, -0.1) is 0 Å². The van der Waals surface area contributed by atoms with Gasteiger partial charge < -0.3 is 31.1 Å². The van der Waals surface area contributed by atoms with Crippen LogP contribution in [0.25, 0.3) is 0 Å². The first kappa shape index (κ1) is 71.6. The number of piperazine rings is 1. The van der Waals surface area contributed by atoms with Gasteiger partial charge in [0, 0.05) is 32.1 Å². The number of hydrogen-bond donors (Lipinski definition) is 6. The fourth-order valence-electron chi connectivity index (χ4n) is 10.1. The lowest BCUT2D eigenvalue weighted by Gasteiger charge is -2.35. The third-order valence-corrected chi connectivity index (χ3v) is 14.6. The lowest BCUT2D eigenvalue weighted by molar-refractivity contribution is -0.137. The Bertz CT molecular complexity index is 1830. The van der Waals surface area contributed by atoms with Crippen molar-refractivity contribution in [1.82, 2.24) is 20.4 Å². The van der Waals surface area contributed by atoms with Crippen molar-refractivity contribution in [3.05, 3.63) is 97.2 Å². The van der Waals surface area contributed by atoms with Crippen LogP contribution < -0.4 is 10.6 Å². The summed E-state index contributed by atoms with van der Waals surface area (Å²) in [5, 5.41) is 51.6. The molecule has 0 spiro atoms. The predicted octanol–water partition coefficient (Wildman–Crippen LogP) is 13.3. The van der Waals surface area contributed by atoms with Gasteiger partial charge in [0.1, 0.15) is 12.1 Å². The number of hydrogen-bond acceptors (Lipinski definition) is 8. The van der Waals surface area contributed by atoms with Crippen molar-refractivity contribution < 1.29 is 30.0 Å². The minimum atomic E-state index is -0.613. The Kier molecular flexibility index (Phi) is 36.4. The largest absolute Gasteiger partial charge is 0.392 e. The van der Waals surface area contributed by atoms with Crippen LogP contribution in [-0.4, -0.2) is 118 Å². The van der Waals surface area contributed by atoms with Gasteiger partial charge in [-0.1, -0.05) is 194 Å². The van der Waals surface area contributed by atoms with Crippen molar-refractivity contribution >= 4 is 11.8 Å². The monoisotopic (exact) mass is 1070 g/mol. The molecule has 0 aromatic heterocycles. The highest BCUT2D eigenvalue weighted by Gasteiger charge is 2.34. The number of carbonyl (C=O) groups excluding carboxylic acids is 2. The van der Waals surface area contributed by atoms with Crippen molar-refractivity contribution in [1.29, 1.82) is 0 Å². The van der Waals surface area contributed by atoms with Gasteiger partial charge in [-0.3, -0.25) is 19.4 Å². The van der Waals surface area contributed by atoms with E-state index in [1.165, 1.54) is 0 Å². The Hall–Kier alpha value is -3.38. The number of nitrogens with zero attached hydrogens (tertiary/aromatic N) is 2. The van der Waals surface area contributed by atoms with Crippen LogP contribution in [0.5, 0.6) is 0 Å². The molecule has 77 heavy (non-hydrogen) atoms. The van der Waals surface area contributed by atoms with Gasteiger partial charge in [0.2, 0.25) is 11.8 Å². The normalized spacial score (nSPS) is 19.6. The molecule has 0 aliphatic carbocycles. The molecule has 10 heteroatoms. The van der Waals surface area contributed by atoms with Crippen LogP contribution in [0, 0.1) is 45.8 Å². The number of carbonyl (C=O) groups is 2. The number of amides is 2. The molecular weight excluding hydrogens is 957 g/mol. The summed E-state index contributed by atoms with van der Waals surface area (Å²) in [5.74, 6) is 0.864. The van der Waals surface area contributed by atoms with E-state index in [1.807, 2.05) is 19.9 Å². The summed E-state index contributed by atoms with van der Waals surface area (Å²) in [6.07, 6.45) is 42.7. The van der Waals surface area contributed by atoms with Gasteiger partial charge in [0.25, 0.3) is 0 Å². The van der Waals surface area contributed by atoms with Crippen molar-refractivity contribution in [3.63, 3.8) is 0 Å². The second-order valence-electron chi connectivity index (χ2n) is 26.2. The van der Waals surface area contributed by atoms with Crippen molar-refractivity contribution in [2.75, 3.05) is 39.3 Å². The van der Waals surface area contributed by atoms with Crippen LogP contribution in [0.3, 0.4) is 0 Å². The molecule has 1 fully saturated rings. The molecule has 0 bridgehead atoms. The second-order valence-corrected chi connectivity index (χ2v) is 26.2. The molecule has 0 saturated carbocycles. The van der Waals surface area contributed by atoms with E-state index in [4.69, 9.17) is 0 Å². The highest BCUT2D eigenvalue weighted by molar-refractivity contribution is 5.96. The maximum absolute atomic E-state index is 13.4. The van der Waals surface area contributed by atoms with Crippen LogP contribution in [0.15, 0.2) is 97.2 Å². The van der Waals surface area contributed by atoms with Gasteiger partial charge >= 0.3 is 0 Å². The average Bonchev–Trinajstić information content (AvgIpc) is 3.32. The minimum absolute atomic E-state index is 0.0309. The maximum Gasteiger partial charge on any atom is 0.243 e. The smallest absolute Gasteiger partial charge is 0.243 e. The van der Waals surface area contributed by atoms with Crippen LogP contribution in [-0.2, 0) is 9.59 Å². The molecule has 0 radical (unpaired) electrons. The molecule has 1 saturated heterocycles. The fraction of sp³-hybridized carbons (Fsp3) is 0.731. The molecule has 9 unspecified atom stereocenters. The fourth-order valence-corrected chi connectivity index (χ4v) is 10.1. The Morgan fingerprint density at radius 3 is 1.60 bits per heavy atom. The van der Waals surface area contributed by atoms with Crippen LogP contribution in [0.4, 0.5) is 0 Å². The Morgan fingerprint density at radius 1 is 0.558 bits per heavy atom. The van der Waals surface area contributed by atoms with Gasteiger partial charge in [-0.05, 0) is 150 Å². The molecule has 442 valence electrons. The zero-order chi connectivity index (χ0) is 58.0. The number of aliphatic hydroxyl groups is 4. The molecule has 1 aliphatic heterocycles. The Balaban J connectivity index is 2.91. The van der Waals surface area contributed by atoms with E-state index in [-0.39, 0.29) is 45.8 Å². The van der Waals surface area contributed by atoms with E-state index in [0.29, 0.717) is 83.2 Å². The number of aliphatic hydroxyl groups excluding tert-OH is 4. The van der Waals surface area contributed by atoms with Crippen molar-refractivity contribution in [2.24, 2.45) is 45.8 Å². The van der Waals surface area contributed by atoms with Gasteiger partial charge in [-0.2, -0.15) is 0 Å². The molecule has 0 aromatic carbocycles. The van der Waals surface area contributed by atoms with Gasteiger partial charge in [0.15, 0.2) is 0 Å². The summed E-state index contributed by atoms with van der Waals surface area (Å²) in [5.41, 5.74) is 0.0428. The van der Waals surface area contributed by atoms with E-state index >= 15 is 0 Å². The topological polar surface area (TPSA) is 146 Å². The Labute approximate surface area is 472 Å². The molecule has 6 N–H and O–H groups in total. The van der Waals surface area contributed by atoms with E-state index in [0.717, 1.165) is 57.8 Å². The molecule has 1 heterocycles. The predicted molar refractivity (Wildman–Crippen MR) is 328 cm³/mol. The summed E-state index contributed by atoms with van der Waals surface area (Å²) >= 11 is 0. The van der Waals surface area contributed by atoms with Crippen LogP contribution in [0.1, 0.15) is 194 Å². The summed E-state index contributed by atoms with van der Waals surface area (Å²) in [4.78, 5) is 31.2. The minimum Gasteiger partial charge on any atom is -0.392 e. The SMILES string of the molecule is C/C=C\C/C=C\CC(C)(C)C(O)CN(CCCCC1NC(=O)C(CCCCN(CC(O)C(C)/C=C\C/C=C\C(C)C)CC(O)C(C)C/C=C\C/C=C\C(C)(C)CC(C)(C)C)NC1=O)CC(O)CC(C)/C=C\C/C=C\C(C)C. The highest BCUT2D eigenvalue weighted by Crippen LogP contribution is 2.34. The van der Waals surface area contributed by atoms with Crippen molar-refractivity contribution in [3.8, 4) is 0 Å². The summed E-state index contributed by atoms with van der Waals surface area (Å²) < 4.78 is 0. The van der Waals surface area contributed by atoms with Gasteiger partial charge in [0.05, 0.1) is 24.4 Å². The second kappa shape index (κ2) is 39.1. The molecular formula is C67H118N4O6. The summed E-state index contributed by atoms with van der Waals surface area (Å²) in [7, 11) is 0. The molecule has 2 amide bonds. The first-order valence-electron chi connectivity index (χ1n) is 30.2. The molecule has 10 nitrogen and oxygen atoms in total. The van der Waals surface area contributed by atoms with Gasteiger partial charge in [-0.25, -0.2) is 0 Å². The van der Waals surface area contributed by atoms with E-state index in [2.05, 4.69) is 202 Å². The highest BCUT2D eigenvalue weighted by atomic mass is 16.3. The number of rotatable bonds is 41.